The SMILES string of the molecule is NNc1cccnc1CC(=O)O. The van der Waals surface area contributed by atoms with Crippen molar-refractivity contribution >= 4 is 11.7 Å². The zero-order valence-corrected chi connectivity index (χ0v) is 6.32. The monoisotopic (exact) mass is 167 g/mol. The minimum Gasteiger partial charge on any atom is -0.481 e. The molecule has 0 aliphatic rings. The van der Waals surface area contributed by atoms with Gasteiger partial charge in [0.1, 0.15) is 0 Å². The first-order valence-corrected chi connectivity index (χ1v) is 3.36. The van der Waals surface area contributed by atoms with Crippen LogP contribution in [0.25, 0.3) is 0 Å². The van der Waals surface area contributed by atoms with Crippen LogP contribution in [0, 0.1) is 0 Å². The molecule has 1 aromatic heterocycles. The highest BCUT2D eigenvalue weighted by Gasteiger charge is 2.05. The van der Waals surface area contributed by atoms with Crippen molar-refractivity contribution in [1.29, 1.82) is 0 Å². The van der Waals surface area contributed by atoms with Crippen LogP contribution in [0.2, 0.25) is 0 Å². The molecule has 1 aromatic rings. The van der Waals surface area contributed by atoms with E-state index in [0.29, 0.717) is 11.4 Å². The molecule has 4 N–H and O–H groups in total. The van der Waals surface area contributed by atoms with Crippen molar-refractivity contribution in [3.63, 3.8) is 0 Å². The number of carbonyl (C=O) groups is 1. The van der Waals surface area contributed by atoms with E-state index in [4.69, 9.17) is 10.9 Å². The number of hydrogen-bond donors (Lipinski definition) is 3. The predicted molar refractivity (Wildman–Crippen MR) is 43.4 cm³/mol. The van der Waals surface area contributed by atoms with Crippen molar-refractivity contribution in [2.24, 2.45) is 5.84 Å². The molecule has 0 radical (unpaired) electrons. The fourth-order valence-corrected chi connectivity index (χ4v) is 0.854. The Bertz CT molecular complexity index is 288. The second-order valence-corrected chi connectivity index (χ2v) is 2.21. The number of rotatable bonds is 3. The van der Waals surface area contributed by atoms with E-state index < -0.39 is 5.97 Å². The molecule has 0 aliphatic heterocycles. The number of nitrogens with two attached hydrogens (primary N) is 1. The normalized spacial score (nSPS) is 9.42. The maximum Gasteiger partial charge on any atom is 0.309 e. The van der Waals surface area contributed by atoms with Crippen molar-refractivity contribution in [2.45, 2.75) is 6.42 Å². The summed E-state index contributed by atoms with van der Waals surface area (Å²) in [5.74, 6) is 4.22. The van der Waals surface area contributed by atoms with Gasteiger partial charge in [-0.2, -0.15) is 0 Å². The van der Waals surface area contributed by atoms with E-state index in [1.165, 1.54) is 6.20 Å². The Morgan fingerprint density at radius 3 is 3.08 bits per heavy atom. The minimum absolute atomic E-state index is 0.125. The summed E-state index contributed by atoms with van der Waals surface area (Å²) in [6, 6.07) is 3.35. The van der Waals surface area contributed by atoms with Gasteiger partial charge in [0.05, 0.1) is 17.8 Å². The third-order valence-electron chi connectivity index (χ3n) is 1.36. The van der Waals surface area contributed by atoms with Crippen LogP contribution in [0.1, 0.15) is 5.69 Å². The molecule has 0 aromatic carbocycles. The van der Waals surface area contributed by atoms with E-state index in [-0.39, 0.29) is 6.42 Å². The lowest BCUT2D eigenvalue weighted by molar-refractivity contribution is -0.136. The Balaban J connectivity index is 2.89. The zero-order chi connectivity index (χ0) is 8.97. The highest BCUT2D eigenvalue weighted by molar-refractivity contribution is 5.72. The Kier molecular flexibility index (Phi) is 2.60. The van der Waals surface area contributed by atoms with Gasteiger partial charge in [0.15, 0.2) is 0 Å². The molecule has 0 saturated heterocycles. The van der Waals surface area contributed by atoms with Crippen LogP contribution >= 0.6 is 0 Å². The Labute approximate surface area is 69.2 Å². The molecule has 0 unspecified atom stereocenters. The van der Waals surface area contributed by atoms with E-state index in [9.17, 15) is 4.79 Å². The van der Waals surface area contributed by atoms with Gasteiger partial charge in [0, 0.05) is 6.20 Å². The summed E-state index contributed by atoms with van der Waals surface area (Å²) in [5, 5.41) is 8.48. The topological polar surface area (TPSA) is 88.2 Å². The molecule has 0 fully saturated rings. The van der Waals surface area contributed by atoms with Crippen molar-refractivity contribution < 1.29 is 9.90 Å². The summed E-state index contributed by atoms with van der Waals surface area (Å²) >= 11 is 0. The molecule has 64 valence electrons. The van der Waals surface area contributed by atoms with E-state index >= 15 is 0 Å². The molecule has 0 amide bonds. The highest BCUT2D eigenvalue weighted by Crippen LogP contribution is 2.10. The van der Waals surface area contributed by atoms with E-state index in [0.717, 1.165) is 0 Å². The number of carboxylic acids is 1. The Morgan fingerprint density at radius 1 is 1.75 bits per heavy atom. The number of hydrazine groups is 1. The fourth-order valence-electron chi connectivity index (χ4n) is 0.854. The lowest BCUT2D eigenvalue weighted by atomic mass is 10.2. The number of carboxylic acid groups (broad SMARTS) is 1. The quantitative estimate of drug-likeness (QED) is 0.435. The summed E-state index contributed by atoms with van der Waals surface area (Å²) in [5.41, 5.74) is 3.35. The molecule has 5 heteroatoms. The first-order valence-electron chi connectivity index (χ1n) is 3.36. The molecule has 12 heavy (non-hydrogen) atoms. The summed E-state index contributed by atoms with van der Waals surface area (Å²) in [4.78, 5) is 14.2. The molecule has 0 saturated carbocycles. The van der Waals surface area contributed by atoms with E-state index in [2.05, 4.69) is 10.4 Å². The summed E-state index contributed by atoms with van der Waals surface area (Å²) < 4.78 is 0. The third-order valence-corrected chi connectivity index (χ3v) is 1.36. The first-order chi connectivity index (χ1) is 5.74. The lowest BCUT2D eigenvalue weighted by Crippen LogP contribution is -2.12. The molecule has 5 nitrogen and oxygen atoms in total. The van der Waals surface area contributed by atoms with Crippen LogP contribution in [0.3, 0.4) is 0 Å². The van der Waals surface area contributed by atoms with Crippen LogP contribution in [-0.4, -0.2) is 16.1 Å². The van der Waals surface area contributed by atoms with Crippen molar-refractivity contribution in [1.82, 2.24) is 4.98 Å². The molecule has 1 rings (SSSR count). The standard InChI is InChI=1S/C7H9N3O2/c8-10-5-2-1-3-9-6(5)4-7(11)12/h1-3,10H,4,8H2,(H,11,12). The maximum atomic E-state index is 10.3. The number of pyridine rings is 1. The fraction of sp³-hybridized carbons (Fsp3) is 0.143. The second kappa shape index (κ2) is 3.68. The smallest absolute Gasteiger partial charge is 0.309 e. The average molecular weight is 167 g/mol. The van der Waals surface area contributed by atoms with E-state index in [1.807, 2.05) is 0 Å². The first kappa shape index (κ1) is 8.48. The number of hydrogen-bond acceptors (Lipinski definition) is 4. The van der Waals surface area contributed by atoms with Crippen LogP contribution in [-0.2, 0) is 11.2 Å². The predicted octanol–water partition coefficient (Wildman–Crippen LogP) is -0.00570. The van der Waals surface area contributed by atoms with Gasteiger partial charge in [0.2, 0.25) is 0 Å². The largest absolute Gasteiger partial charge is 0.481 e. The van der Waals surface area contributed by atoms with Crippen molar-refractivity contribution in [3.05, 3.63) is 24.0 Å². The molecular formula is C7H9N3O2. The number of nitrogens with one attached hydrogen (secondary N) is 1. The van der Waals surface area contributed by atoms with E-state index in [1.54, 1.807) is 12.1 Å². The van der Waals surface area contributed by atoms with Gasteiger partial charge in [-0.1, -0.05) is 0 Å². The van der Waals surface area contributed by atoms with Gasteiger partial charge in [-0.05, 0) is 12.1 Å². The van der Waals surface area contributed by atoms with Crippen LogP contribution in [0.15, 0.2) is 18.3 Å². The number of aliphatic carboxylic acids is 1. The molecule has 0 bridgehead atoms. The molecule has 0 atom stereocenters. The summed E-state index contributed by atoms with van der Waals surface area (Å²) in [7, 11) is 0. The summed E-state index contributed by atoms with van der Waals surface area (Å²) in [6.45, 7) is 0. The molecule has 1 heterocycles. The van der Waals surface area contributed by atoms with Crippen molar-refractivity contribution in [3.8, 4) is 0 Å². The molecule has 0 aliphatic carbocycles. The minimum atomic E-state index is -0.926. The number of nitrogens with zero attached hydrogens (tertiary/aromatic N) is 1. The highest BCUT2D eigenvalue weighted by atomic mass is 16.4. The molecule has 0 spiro atoms. The number of aromatic nitrogens is 1. The van der Waals surface area contributed by atoms with Gasteiger partial charge in [-0.15, -0.1) is 0 Å². The third kappa shape index (κ3) is 1.93. The number of anilines is 1. The van der Waals surface area contributed by atoms with Gasteiger partial charge in [0.25, 0.3) is 0 Å². The lowest BCUT2D eigenvalue weighted by Gasteiger charge is -2.03. The Morgan fingerprint density at radius 2 is 2.50 bits per heavy atom. The molecular weight excluding hydrogens is 158 g/mol. The van der Waals surface area contributed by atoms with Crippen molar-refractivity contribution in [2.75, 3.05) is 5.43 Å². The van der Waals surface area contributed by atoms with Gasteiger partial charge < -0.3 is 10.5 Å². The van der Waals surface area contributed by atoms with Gasteiger partial charge >= 0.3 is 5.97 Å². The van der Waals surface area contributed by atoms with Gasteiger partial charge in [-0.3, -0.25) is 15.6 Å². The summed E-state index contributed by atoms with van der Waals surface area (Å²) in [6.07, 6.45) is 1.40. The second-order valence-electron chi connectivity index (χ2n) is 2.21. The maximum absolute atomic E-state index is 10.3. The van der Waals surface area contributed by atoms with Crippen LogP contribution in [0.5, 0.6) is 0 Å². The van der Waals surface area contributed by atoms with Crippen LogP contribution in [0.4, 0.5) is 5.69 Å². The Hall–Kier alpha value is -1.62. The zero-order valence-electron chi connectivity index (χ0n) is 6.32. The van der Waals surface area contributed by atoms with Gasteiger partial charge in [-0.25, -0.2) is 0 Å². The number of nitrogen functional groups attached to an aromatic ring is 1. The average Bonchev–Trinajstić information content (AvgIpc) is 2.04. The van der Waals surface area contributed by atoms with Crippen LogP contribution < -0.4 is 11.3 Å².